The van der Waals surface area contributed by atoms with Crippen molar-refractivity contribution in [3.63, 3.8) is 0 Å². The summed E-state index contributed by atoms with van der Waals surface area (Å²) in [6.45, 7) is 12.4. The van der Waals surface area contributed by atoms with Crippen LogP contribution in [0.15, 0.2) is 24.3 Å². The molecule has 8 nitrogen and oxygen atoms in total. The van der Waals surface area contributed by atoms with E-state index in [2.05, 4.69) is 10.6 Å². The maximum absolute atomic E-state index is 13.1. The fourth-order valence-electron chi connectivity index (χ4n) is 3.93. The van der Waals surface area contributed by atoms with E-state index in [1.165, 1.54) is 7.11 Å². The highest BCUT2D eigenvalue weighted by Gasteiger charge is 2.33. The van der Waals surface area contributed by atoms with Crippen molar-refractivity contribution < 1.29 is 23.9 Å². The molecule has 1 saturated heterocycles. The molecule has 3 atom stereocenters. The summed E-state index contributed by atoms with van der Waals surface area (Å²) < 4.78 is 10.8. The minimum atomic E-state index is -0.699. The lowest BCUT2D eigenvalue weighted by molar-refractivity contribution is -0.125. The van der Waals surface area contributed by atoms with E-state index in [4.69, 9.17) is 9.47 Å². The number of amides is 3. The van der Waals surface area contributed by atoms with E-state index < -0.39 is 11.6 Å². The van der Waals surface area contributed by atoms with Gasteiger partial charge in [0.25, 0.3) is 5.91 Å². The van der Waals surface area contributed by atoms with Gasteiger partial charge in [0.2, 0.25) is 5.91 Å². The van der Waals surface area contributed by atoms with E-state index in [9.17, 15) is 14.4 Å². The number of carbonyl (C=O) groups excluding carboxylic acids is 3. The Hall–Kier alpha value is -2.77. The Bertz CT molecular complexity index is 834. The van der Waals surface area contributed by atoms with E-state index in [1.54, 1.807) is 29.2 Å². The van der Waals surface area contributed by atoms with Crippen LogP contribution in [0.1, 0.15) is 64.7 Å². The van der Waals surface area contributed by atoms with Crippen molar-refractivity contribution in [2.75, 3.05) is 20.2 Å². The number of ether oxygens (including phenoxy) is 2. The Morgan fingerprint density at radius 3 is 2.36 bits per heavy atom. The molecule has 0 saturated carbocycles. The molecule has 2 N–H and O–H groups in total. The lowest BCUT2D eigenvalue weighted by Gasteiger charge is -2.37. The largest absolute Gasteiger partial charge is 0.496 e. The molecule has 0 radical (unpaired) electrons. The number of hydrogen-bond acceptors (Lipinski definition) is 5. The zero-order valence-electron chi connectivity index (χ0n) is 20.9. The highest BCUT2D eigenvalue weighted by Crippen LogP contribution is 2.22. The molecule has 1 aliphatic rings. The molecule has 0 aromatic heterocycles. The Balaban J connectivity index is 2.01. The zero-order valence-corrected chi connectivity index (χ0v) is 20.9. The third-order valence-electron chi connectivity index (χ3n) is 5.77. The lowest BCUT2D eigenvalue weighted by Crippen LogP contribution is -2.54. The number of likely N-dealkylation sites (tertiary alicyclic amines) is 1. The van der Waals surface area contributed by atoms with Gasteiger partial charge in [-0.25, -0.2) is 4.79 Å². The van der Waals surface area contributed by atoms with E-state index in [0.29, 0.717) is 24.4 Å². The number of nitrogens with zero attached hydrogens (tertiary/aromatic N) is 1. The van der Waals surface area contributed by atoms with Crippen LogP contribution in [0.2, 0.25) is 0 Å². The van der Waals surface area contributed by atoms with E-state index in [1.807, 2.05) is 41.5 Å². The van der Waals surface area contributed by atoms with Crippen LogP contribution in [0.5, 0.6) is 5.75 Å². The summed E-state index contributed by atoms with van der Waals surface area (Å²) >= 11 is 0. The molecule has 1 aromatic rings. The average Bonchev–Trinajstić information content (AvgIpc) is 2.75. The number of para-hydroxylation sites is 1. The van der Waals surface area contributed by atoms with Crippen LogP contribution < -0.4 is 15.4 Å². The first-order valence-corrected chi connectivity index (χ1v) is 11.6. The first kappa shape index (κ1) is 26.5. The van der Waals surface area contributed by atoms with Gasteiger partial charge in [0, 0.05) is 19.1 Å². The van der Waals surface area contributed by atoms with Crippen molar-refractivity contribution in [2.24, 2.45) is 11.8 Å². The second-order valence-electron chi connectivity index (χ2n) is 10.0. The van der Waals surface area contributed by atoms with Crippen molar-refractivity contribution in [1.82, 2.24) is 15.5 Å². The molecule has 2 rings (SSSR count). The van der Waals surface area contributed by atoms with Gasteiger partial charge in [0.15, 0.2) is 0 Å². The molecule has 3 amide bonds. The normalized spacial score (nSPS) is 18.3. The van der Waals surface area contributed by atoms with Crippen molar-refractivity contribution in [3.8, 4) is 5.75 Å². The molecule has 1 heterocycles. The first-order chi connectivity index (χ1) is 15.4. The maximum atomic E-state index is 13.1. The Kier molecular flexibility index (Phi) is 9.14. The molecule has 1 aliphatic heterocycles. The summed E-state index contributed by atoms with van der Waals surface area (Å²) in [7, 11) is 1.51. The molecule has 184 valence electrons. The first-order valence-electron chi connectivity index (χ1n) is 11.6. The Morgan fingerprint density at radius 1 is 1.09 bits per heavy atom. The third kappa shape index (κ3) is 7.65. The summed E-state index contributed by atoms with van der Waals surface area (Å²) in [6.07, 6.45) is 1.43. The molecule has 1 aromatic carbocycles. The van der Waals surface area contributed by atoms with E-state index in [0.717, 1.165) is 12.8 Å². The van der Waals surface area contributed by atoms with Crippen molar-refractivity contribution in [3.05, 3.63) is 29.8 Å². The monoisotopic (exact) mass is 461 g/mol. The number of rotatable bonds is 7. The minimum Gasteiger partial charge on any atom is -0.496 e. The number of benzene rings is 1. The fraction of sp³-hybridized carbons (Fsp3) is 0.640. The van der Waals surface area contributed by atoms with Gasteiger partial charge < -0.3 is 25.0 Å². The molecule has 1 fully saturated rings. The molecule has 0 aliphatic carbocycles. The fourth-order valence-corrected chi connectivity index (χ4v) is 3.93. The van der Waals surface area contributed by atoms with Gasteiger partial charge in [-0.2, -0.15) is 0 Å². The van der Waals surface area contributed by atoms with Crippen LogP contribution in [0.25, 0.3) is 0 Å². The van der Waals surface area contributed by atoms with Crippen molar-refractivity contribution in [1.29, 1.82) is 0 Å². The van der Waals surface area contributed by atoms with Gasteiger partial charge in [0.1, 0.15) is 17.4 Å². The van der Waals surface area contributed by atoms with Crippen LogP contribution in [0, 0.1) is 11.8 Å². The van der Waals surface area contributed by atoms with E-state index in [-0.39, 0.29) is 35.8 Å². The number of nitrogens with one attached hydrogen (secondary N) is 2. The van der Waals surface area contributed by atoms with Crippen LogP contribution in [0.3, 0.4) is 0 Å². The second-order valence-corrected chi connectivity index (χ2v) is 10.0. The molecule has 33 heavy (non-hydrogen) atoms. The SMILES string of the molecule is COc1ccccc1C(=O)N[C@@H](C(=O)N[C@H](C)[C@@H]1CCCN(C(=O)OC(C)(C)C)C1)C(C)C. The Morgan fingerprint density at radius 2 is 1.76 bits per heavy atom. The highest BCUT2D eigenvalue weighted by molar-refractivity contribution is 5.99. The summed E-state index contributed by atoms with van der Waals surface area (Å²) in [6, 6.07) is 6.06. The quantitative estimate of drug-likeness (QED) is 0.647. The summed E-state index contributed by atoms with van der Waals surface area (Å²) in [5.74, 6) is -0.151. The summed E-state index contributed by atoms with van der Waals surface area (Å²) in [5.41, 5.74) is -0.166. The zero-order chi connectivity index (χ0) is 24.8. The van der Waals surface area contributed by atoms with Crippen LogP contribution >= 0.6 is 0 Å². The number of piperidine rings is 1. The standard InChI is InChI=1S/C25H39N3O5/c1-16(2)21(27-22(29)19-12-8-9-13-20(19)32-7)23(30)26-17(3)18-11-10-14-28(15-18)24(31)33-25(4,5)6/h8-9,12-13,16-18,21H,10-11,14-15H2,1-7H3,(H,26,30)(H,27,29)/t17-,18-,21-/m1/s1. The molecular weight excluding hydrogens is 422 g/mol. The summed E-state index contributed by atoms with van der Waals surface area (Å²) in [4.78, 5) is 40.1. The van der Waals surface area contributed by atoms with Gasteiger partial charge in [-0.3, -0.25) is 9.59 Å². The number of carbonyl (C=O) groups is 3. The van der Waals surface area contributed by atoms with Gasteiger partial charge >= 0.3 is 6.09 Å². The van der Waals surface area contributed by atoms with Crippen molar-refractivity contribution >= 4 is 17.9 Å². The predicted octanol–water partition coefficient (Wildman–Crippen LogP) is 3.60. The average molecular weight is 462 g/mol. The predicted molar refractivity (Wildman–Crippen MR) is 127 cm³/mol. The summed E-state index contributed by atoms with van der Waals surface area (Å²) in [5, 5.41) is 5.91. The maximum Gasteiger partial charge on any atom is 0.410 e. The smallest absolute Gasteiger partial charge is 0.410 e. The molecule has 0 bridgehead atoms. The van der Waals surface area contributed by atoms with Gasteiger partial charge in [-0.15, -0.1) is 0 Å². The molecule has 0 unspecified atom stereocenters. The van der Waals surface area contributed by atoms with E-state index >= 15 is 0 Å². The third-order valence-corrected chi connectivity index (χ3v) is 5.77. The second kappa shape index (κ2) is 11.4. The van der Waals surface area contributed by atoms with Crippen molar-refractivity contribution in [2.45, 2.75) is 72.1 Å². The molecule has 0 spiro atoms. The van der Waals surface area contributed by atoms with Gasteiger partial charge in [0.05, 0.1) is 12.7 Å². The lowest BCUT2D eigenvalue weighted by atomic mass is 9.91. The van der Waals surface area contributed by atoms with Gasteiger partial charge in [-0.1, -0.05) is 26.0 Å². The van der Waals surface area contributed by atoms with Crippen LogP contribution in [0.4, 0.5) is 4.79 Å². The van der Waals surface area contributed by atoms with Crippen LogP contribution in [-0.2, 0) is 9.53 Å². The topological polar surface area (TPSA) is 97.0 Å². The Labute approximate surface area is 197 Å². The number of methoxy groups -OCH3 is 1. The molecule has 8 heteroatoms. The van der Waals surface area contributed by atoms with Crippen LogP contribution in [-0.4, -0.2) is 60.7 Å². The minimum absolute atomic E-state index is 0.105. The number of hydrogen-bond donors (Lipinski definition) is 2. The highest BCUT2D eigenvalue weighted by atomic mass is 16.6. The van der Waals surface area contributed by atoms with Gasteiger partial charge in [-0.05, 0) is 64.5 Å². The molecular formula is C25H39N3O5.